The minimum Gasteiger partial charge on any atom is -0.493 e. The first-order chi connectivity index (χ1) is 13.9. The Balaban J connectivity index is 2.02. The summed E-state index contributed by atoms with van der Waals surface area (Å²) in [5.74, 6) is -0.125. The fourth-order valence-electron chi connectivity index (χ4n) is 3.24. The lowest BCUT2D eigenvalue weighted by atomic mass is 10.1. The van der Waals surface area contributed by atoms with Gasteiger partial charge in [0.05, 0.1) is 21.3 Å². The van der Waals surface area contributed by atoms with Crippen LogP contribution in [-0.2, 0) is 32.5 Å². The maximum Gasteiger partial charge on any atom is 0.343 e. The minimum absolute atomic E-state index is 0.0175. The quantitative estimate of drug-likeness (QED) is 0.388. The fraction of sp³-hybridized carbons (Fsp3) is 0.286. The average molecular weight is 418 g/mol. The van der Waals surface area contributed by atoms with Crippen LogP contribution in [0.3, 0.4) is 0 Å². The highest BCUT2D eigenvalue weighted by molar-refractivity contribution is 7.87. The highest BCUT2D eigenvalue weighted by Gasteiger charge is 2.26. The number of rotatable bonds is 7. The summed E-state index contributed by atoms with van der Waals surface area (Å²) in [5, 5.41) is 0. The standard InChI is InChI=1S/C21H22O7S/c1-25-18-11-14(7-10-20(22)26-2)12-19(21(18)27-3)29(23,24)28-17-9-8-15-5-4-6-16(15)13-17/h7-13H,4-6H2,1-3H3. The Hall–Kier alpha value is -3.00. The summed E-state index contributed by atoms with van der Waals surface area (Å²) in [6.07, 6.45) is 5.53. The van der Waals surface area contributed by atoms with Gasteiger partial charge in [0, 0.05) is 6.08 Å². The SMILES string of the molecule is COC(=O)C=Cc1cc(OC)c(OC)c(S(=O)(=O)Oc2ccc3c(c2)CCC3)c1. The number of hydrogen-bond acceptors (Lipinski definition) is 7. The molecule has 29 heavy (non-hydrogen) atoms. The molecule has 7 nitrogen and oxygen atoms in total. The lowest BCUT2D eigenvalue weighted by Crippen LogP contribution is -2.12. The molecular weight excluding hydrogens is 396 g/mol. The number of esters is 1. The van der Waals surface area contributed by atoms with Crippen LogP contribution in [0, 0.1) is 0 Å². The summed E-state index contributed by atoms with van der Waals surface area (Å²) < 4.78 is 46.5. The van der Waals surface area contributed by atoms with Crippen LogP contribution in [0.25, 0.3) is 6.08 Å². The van der Waals surface area contributed by atoms with Crippen molar-refractivity contribution in [3.63, 3.8) is 0 Å². The van der Waals surface area contributed by atoms with Gasteiger partial charge in [0.1, 0.15) is 5.75 Å². The third-order valence-electron chi connectivity index (χ3n) is 4.63. The second-order valence-electron chi connectivity index (χ2n) is 6.43. The highest BCUT2D eigenvalue weighted by Crippen LogP contribution is 2.37. The number of methoxy groups -OCH3 is 3. The Labute approximate surface area is 170 Å². The van der Waals surface area contributed by atoms with Crippen molar-refractivity contribution >= 4 is 22.2 Å². The van der Waals surface area contributed by atoms with Crippen molar-refractivity contribution in [2.45, 2.75) is 24.2 Å². The molecule has 8 heteroatoms. The molecule has 0 unspecified atom stereocenters. The van der Waals surface area contributed by atoms with Gasteiger partial charge in [0.25, 0.3) is 0 Å². The molecule has 154 valence electrons. The molecule has 0 radical (unpaired) electrons. The predicted molar refractivity (Wildman–Crippen MR) is 107 cm³/mol. The van der Waals surface area contributed by atoms with Crippen molar-refractivity contribution < 1.29 is 31.6 Å². The normalized spacial score (nSPS) is 13.2. The molecule has 0 N–H and O–H groups in total. The molecule has 0 heterocycles. The number of aryl methyl sites for hydroxylation is 2. The van der Waals surface area contributed by atoms with E-state index in [9.17, 15) is 13.2 Å². The van der Waals surface area contributed by atoms with Crippen LogP contribution in [-0.4, -0.2) is 35.7 Å². The van der Waals surface area contributed by atoms with Gasteiger partial charge in [-0.3, -0.25) is 0 Å². The van der Waals surface area contributed by atoms with Gasteiger partial charge in [-0.2, -0.15) is 8.42 Å². The highest BCUT2D eigenvalue weighted by atomic mass is 32.2. The van der Waals surface area contributed by atoms with E-state index in [1.54, 1.807) is 18.2 Å². The van der Waals surface area contributed by atoms with E-state index in [-0.39, 0.29) is 22.1 Å². The van der Waals surface area contributed by atoms with Crippen LogP contribution in [0.4, 0.5) is 0 Å². The Morgan fingerprint density at radius 2 is 1.76 bits per heavy atom. The van der Waals surface area contributed by atoms with Crippen molar-refractivity contribution in [3.8, 4) is 17.2 Å². The molecule has 2 aromatic carbocycles. The van der Waals surface area contributed by atoms with E-state index in [0.717, 1.165) is 24.8 Å². The molecule has 1 aliphatic carbocycles. The molecule has 1 aliphatic rings. The van der Waals surface area contributed by atoms with Crippen molar-refractivity contribution in [2.24, 2.45) is 0 Å². The van der Waals surface area contributed by atoms with Crippen LogP contribution < -0.4 is 13.7 Å². The van der Waals surface area contributed by atoms with Gasteiger partial charge >= 0.3 is 16.1 Å². The second-order valence-corrected chi connectivity index (χ2v) is 7.95. The number of hydrogen-bond donors (Lipinski definition) is 0. The number of carbonyl (C=O) groups is 1. The molecule has 0 amide bonds. The van der Waals surface area contributed by atoms with Gasteiger partial charge in [-0.25, -0.2) is 4.79 Å². The minimum atomic E-state index is -4.23. The number of benzene rings is 2. The van der Waals surface area contributed by atoms with E-state index in [2.05, 4.69) is 4.74 Å². The molecule has 2 aromatic rings. The van der Waals surface area contributed by atoms with Crippen molar-refractivity contribution in [2.75, 3.05) is 21.3 Å². The maximum atomic E-state index is 13.0. The second kappa shape index (κ2) is 8.57. The van der Waals surface area contributed by atoms with Crippen LogP contribution in [0.15, 0.2) is 41.3 Å². The van der Waals surface area contributed by atoms with Crippen molar-refractivity contribution in [3.05, 3.63) is 53.1 Å². The number of fused-ring (bicyclic) bond motifs is 1. The Morgan fingerprint density at radius 3 is 2.45 bits per heavy atom. The fourth-order valence-corrected chi connectivity index (χ4v) is 4.37. The van der Waals surface area contributed by atoms with E-state index in [0.29, 0.717) is 5.56 Å². The Kier molecular flexibility index (Phi) is 6.12. The lowest BCUT2D eigenvalue weighted by molar-refractivity contribution is -0.134. The first kappa shape index (κ1) is 20.7. The van der Waals surface area contributed by atoms with E-state index >= 15 is 0 Å². The van der Waals surface area contributed by atoms with E-state index < -0.39 is 16.1 Å². The summed E-state index contributed by atoms with van der Waals surface area (Å²) in [6.45, 7) is 0. The predicted octanol–water partition coefficient (Wildman–Crippen LogP) is 3.15. The molecule has 0 saturated heterocycles. The molecule has 0 aromatic heterocycles. The van der Waals surface area contributed by atoms with Crippen molar-refractivity contribution in [1.29, 1.82) is 0 Å². The van der Waals surface area contributed by atoms with Crippen LogP contribution in [0.2, 0.25) is 0 Å². The van der Waals surface area contributed by atoms with Crippen LogP contribution in [0.1, 0.15) is 23.1 Å². The molecule has 0 atom stereocenters. The third-order valence-corrected chi connectivity index (χ3v) is 5.88. The average Bonchev–Trinajstić information content (AvgIpc) is 3.18. The first-order valence-corrected chi connectivity index (χ1v) is 10.4. The molecular formula is C21H22O7S. The van der Waals surface area contributed by atoms with Gasteiger partial charge in [-0.1, -0.05) is 6.07 Å². The summed E-state index contributed by atoms with van der Waals surface area (Å²) in [7, 11) is -0.240. The molecule has 0 fully saturated rings. The van der Waals surface area contributed by atoms with Gasteiger partial charge < -0.3 is 18.4 Å². The number of ether oxygens (including phenoxy) is 3. The first-order valence-electron chi connectivity index (χ1n) is 8.96. The zero-order chi connectivity index (χ0) is 21.0. The Bertz CT molecular complexity index is 1050. The summed E-state index contributed by atoms with van der Waals surface area (Å²) in [6, 6.07) is 8.19. The molecule has 0 bridgehead atoms. The van der Waals surface area contributed by atoms with Crippen LogP contribution in [0.5, 0.6) is 17.2 Å². The van der Waals surface area contributed by atoms with E-state index in [1.807, 2.05) is 6.07 Å². The molecule has 0 saturated carbocycles. The van der Waals surface area contributed by atoms with Crippen molar-refractivity contribution in [1.82, 2.24) is 0 Å². The zero-order valence-corrected chi connectivity index (χ0v) is 17.2. The smallest absolute Gasteiger partial charge is 0.343 e. The van der Waals surface area contributed by atoms with Gasteiger partial charge in [-0.15, -0.1) is 0 Å². The van der Waals surface area contributed by atoms with Crippen LogP contribution >= 0.6 is 0 Å². The van der Waals surface area contributed by atoms with Gasteiger partial charge in [0.2, 0.25) is 0 Å². The number of carbonyl (C=O) groups excluding carboxylic acids is 1. The summed E-state index contributed by atoms with van der Waals surface area (Å²) >= 11 is 0. The van der Waals surface area contributed by atoms with E-state index in [1.165, 1.54) is 45.1 Å². The van der Waals surface area contributed by atoms with E-state index in [4.69, 9.17) is 13.7 Å². The summed E-state index contributed by atoms with van der Waals surface area (Å²) in [5.41, 5.74) is 2.71. The largest absolute Gasteiger partial charge is 0.493 e. The maximum absolute atomic E-state index is 13.0. The Morgan fingerprint density at radius 1 is 1.00 bits per heavy atom. The van der Waals surface area contributed by atoms with Gasteiger partial charge in [-0.05, 0) is 66.3 Å². The lowest BCUT2D eigenvalue weighted by Gasteiger charge is -2.15. The summed E-state index contributed by atoms with van der Waals surface area (Å²) in [4.78, 5) is 11.2. The topological polar surface area (TPSA) is 88.1 Å². The molecule has 3 rings (SSSR count). The zero-order valence-electron chi connectivity index (χ0n) is 16.4. The van der Waals surface area contributed by atoms with Gasteiger partial charge in [0.15, 0.2) is 16.4 Å². The molecule has 0 spiro atoms. The molecule has 0 aliphatic heterocycles. The monoisotopic (exact) mass is 418 g/mol. The third kappa shape index (κ3) is 4.54.